The summed E-state index contributed by atoms with van der Waals surface area (Å²) >= 11 is 9.54. The minimum Gasteiger partial charge on any atom is -0.489 e. The molecular weight excluding hydrogens is 454 g/mol. The lowest BCUT2D eigenvalue weighted by Gasteiger charge is -2.16. The summed E-state index contributed by atoms with van der Waals surface area (Å²) in [6.07, 6.45) is 1.92. The highest BCUT2D eigenvalue weighted by molar-refractivity contribution is 9.10. The summed E-state index contributed by atoms with van der Waals surface area (Å²) in [6, 6.07) is 13.0. The monoisotopic (exact) mass is 475 g/mol. The Bertz CT molecular complexity index is 1000. The van der Waals surface area contributed by atoms with E-state index in [0.717, 1.165) is 38.6 Å². The Kier molecular flexibility index (Phi) is 6.98. The molecule has 1 amide bonds. The summed E-state index contributed by atoms with van der Waals surface area (Å²) in [4.78, 5) is 14.4. The van der Waals surface area contributed by atoms with Gasteiger partial charge in [0.15, 0.2) is 0 Å². The quantitative estimate of drug-likeness (QED) is 0.454. The van der Waals surface area contributed by atoms with E-state index in [1.807, 2.05) is 67.2 Å². The molecule has 1 aromatic heterocycles. The van der Waals surface area contributed by atoms with E-state index in [1.54, 1.807) is 11.9 Å². The maximum absolute atomic E-state index is 12.7. The normalized spacial score (nSPS) is 10.8. The maximum atomic E-state index is 12.7. The van der Waals surface area contributed by atoms with Crippen LogP contribution in [0, 0.1) is 6.92 Å². The highest BCUT2D eigenvalue weighted by Crippen LogP contribution is 2.22. The molecule has 5 nitrogen and oxygen atoms in total. The maximum Gasteiger partial charge on any atom is 0.253 e. The van der Waals surface area contributed by atoms with E-state index in [4.69, 9.17) is 16.3 Å². The van der Waals surface area contributed by atoms with Gasteiger partial charge in [-0.05, 0) is 71.2 Å². The molecule has 0 unspecified atom stereocenters. The molecular formula is C22H23BrClN3O2. The molecule has 0 bridgehead atoms. The number of carbonyl (C=O) groups is 1. The lowest BCUT2D eigenvalue weighted by molar-refractivity contribution is 0.0783. The number of carbonyl (C=O) groups excluding carboxylic acids is 1. The van der Waals surface area contributed by atoms with Gasteiger partial charge in [0.05, 0.1) is 16.7 Å². The fourth-order valence-corrected chi connectivity index (χ4v) is 3.40. The van der Waals surface area contributed by atoms with E-state index < -0.39 is 0 Å². The summed E-state index contributed by atoms with van der Waals surface area (Å²) in [5.41, 5.74) is 3.43. The third-order valence-electron chi connectivity index (χ3n) is 4.58. The van der Waals surface area contributed by atoms with Crippen molar-refractivity contribution in [2.75, 3.05) is 7.05 Å². The summed E-state index contributed by atoms with van der Waals surface area (Å²) in [5.74, 6) is 0.715. The van der Waals surface area contributed by atoms with Crippen LogP contribution in [0.4, 0.5) is 0 Å². The largest absolute Gasteiger partial charge is 0.489 e. The van der Waals surface area contributed by atoms with Crippen LogP contribution in [0.2, 0.25) is 5.02 Å². The first-order valence-corrected chi connectivity index (χ1v) is 10.5. The van der Waals surface area contributed by atoms with Crippen LogP contribution >= 0.6 is 27.5 Å². The van der Waals surface area contributed by atoms with Gasteiger partial charge < -0.3 is 9.64 Å². The number of amides is 1. The van der Waals surface area contributed by atoms with Crippen molar-refractivity contribution in [1.29, 1.82) is 0 Å². The van der Waals surface area contributed by atoms with Crippen LogP contribution in [0.3, 0.4) is 0 Å². The second kappa shape index (κ2) is 9.46. The van der Waals surface area contributed by atoms with Gasteiger partial charge in [-0.3, -0.25) is 9.48 Å². The van der Waals surface area contributed by atoms with Crippen LogP contribution in [0.15, 0.2) is 53.1 Å². The molecule has 3 aromatic rings. The molecule has 7 heteroatoms. The van der Waals surface area contributed by atoms with E-state index >= 15 is 0 Å². The minimum absolute atomic E-state index is 0.0521. The summed E-state index contributed by atoms with van der Waals surface area (Å²) < 4.78 is 8.56. The second-order valence-corrected chi connectivity index (χ2v) is 8.10. The zero-order chi connectivity index (χ0) is 21.0. The molecule has 0 saturated heterocycles. The molecule has 0 radical (unpaired) electrons. The van der Waals surface area contributed by atoms with Gasteiger partial charge >= 0.3 is 0 Å². The molecule has 29 heavy (non-hydrogen) atoms. The first kappa shape index (κ1) is 21.4. The number of halogens is 2. The van der Waals surface area contributed by atoms with Crippen molar-refractivity contribution in [3.63, 3.8) is 0 Å². The van der Waals surface area contributed by atoms with Crippen molar-refractivity contribution < 1.29 is 9.53 Å². The Labute approximate surface area is 184 Å². The average Bonchev–Trinajstić information content (AvgIpc) is 3.08. The first-order valence-electron chi connectivity index (χ1n) is 9.32. The van der Waals surface area contributed by atoms with E-state index in [1.165, 1.54) is 0 Å². The molecule has 0 N–H and O–H groups in total. The Balaban J connectivity index is 1.60. The molecule has 0 spiro atoms. The van der Waals surface area contributed by atoms with Gasteiger partial charge in [0.1, 0.15) is 12.4 Å². The highest BCUT2D eigenvalue weighted by Gasteiger charge is 2.15. The number of ether oxygens (including phenoxy) is 1. The zero-order valence-corrected chi connectivity index (χ0v) is 19.0. The molecule has 3 rings (SSSR count). The summed E-state index contributed by atoms with van der Waals surface area (Å²) in [7, 11) is 1.78. The van der Waals surface area contributed by atoms with Crippen molar-refractivity contribution in [3.05, 3.63) is 80.5 Å². The third kappa shape index (κ3) is 5.40. The van der Waals surface area contributed by atoms with Crippen LogP contribution in [-0.4, -0.2) is 27.6 Å². The molecule has 2 aromatic carbocycles. The number of rotatable bonds is 7. The minimum atomic E-state index is -0.0521. The predicted molar refractivity (Wildman–Crippen MR) is 118 cm³/mol. The lowest BCUT2D eigenvalue weighted by atomic mass is 10.1. The molecule has 0 aliphatic rings. The standard InChI is InChI=1S/C22H23BrClN3O2/c1-4-27-12-19(23)21(25-27)13-26(3)22(28)17-7-5-16(6-8-17)14-29-18-9-10-20(24)15(2)11-18/h5-12H,4,13-14H2,1-3H3. The molecule has 0 saturated carbocycles. The van der Waals surface area contributed by atoms with Gasteiger partial charge in [0.25, 0.3) is 5.91 Å². The molecule has 1 heterocycles. The second-order valence-electron chi connectivity index (χ2n) is 6.84. The fourth-order valence-electron chi connectivity index (χ4n) is 2.84. The van der Waals surface area contributed by atoms with Crippen molar-refractivity contribution in [2.45, 2.75) is 33.5 Å². The van der Waals surface area contributed by atoms with Crippen LogP contribution in [0.25, 0.3) is 0 Å². The number of benzene rings is 2. The molecule has 0 aliphatic carbocycles. The SMILES string of the molecule is CCn1cc(Br)c(CN(C)C(=O)c2ccc(COc3ccc(Cl)c(C)c3)cc2)n1. The molecule has 152 valence electrons. The Hall–Kier alpha value is -2.31. The Morgan fingerprint density at radius 3 is 2.59 bits per heavy atom. The fraction of sp³-hybridized carbons (Fsp3) is 0.273. The Morgan fingerprint density at radius 1 is 1.24 bits per heavy atom. The first-order chi connectivity index (χ1) is 13.9. The number of hydrogen-bond donors (Lipinski definition) is 0. The lowest BCUT2D eigenvalue weighted by Crippen LogP contribution is -2.26. The summed E-state index contributed by atoms with van der Waals surface area (Å²) in [5, 5.41) is 5.19. The topological polar surface area (TPSA) is 47.4 Å². The van der Waals surface area contributed by atoms with E-state index in [9.17, 15) is 4.79 Å². The van der Waals surface area contributed by atoms with Crippen LogP contribution in [0.1, 0.15) is 34.1 Å². The van der Waals surface area contributed by atoms with Gasteiger partial charge in [-0.1, -0.05) is 23.7 Å². The van der Waals surface area contributed by atoms with Gasteiger partial charge in [0.2, 0.25) is 0 Å². The van der Waals surface area contributed by atoms with Crippen LogP contribution in [0.5, 0.6) is 5.75 Å². The van der Waals surface area contributed by atoms with Crippen molar-refractivity contribution in [3.8, 4) is 5.75 Å². The van der Waals surface area contributed by atoms with Gasteiger partial charge in [-0.2, -0.15) is 5.10 Å². The predicted octanol–water partition coefficient (Wildman–Crippen LogP) is 5.48. The number of aromatic nitrogens is 2. The number of nitrogens with zero attached hydrogens (tertiary/aromatic N) is 3. The van der Waals surface area contributed by atoms with Crippen molar-refractivity contribution in [1.82, 2.24) is 14.7 Å². The van der Waals surface area contributed by atoms with Gasteiger partial charge in [-0.25, -0.2) is 0 Å². The Morgan fingerprint density at radius 2 is 1.97 bits per heavy atom. The highest BCUT2D eigenvalue weighted by atomic mass is 79.9. The van der Waals surface area contributed by atoms with Crippen LogP contribution < -0.4 is 4.74 Å². The van der Waals surface area contributed by atoms with E-state index in [2.05, 4.69) is 21.0 Å². The number of hydrogen-bond acceptors (Lipinski definition) is 3. The average molecular weight is 477 g/mol. The van der Waals surface area contributed by atoms with E-state index in [-0.39, 0.29) is 5.91 Å². The molecule has 0 fully saturated rings. The zero-order valence-electron chi connectivity index (χ0n) is 16.7. The summed E-state index contributed by atoms with van der Waals surface area (Å²) in [6.45, 7) is 5.62. The van der Waals surface area contributed by atoms with Crippen molar-refractivity contribution in [2.24, 2.45) is 0 Å². The molecule has 0 aliphatic heterocycles. The van der Waals surface area contributed by atoms with Crippen LogP contribution in [-0.2, 0) is 19.7 Å². The third-order valence-corrected chi connectivity index (χ3v) is 5.67. The van der Waals surface area contributed by atoms with E-state index in [0.29, 0.717) is 18.7 Å². The molecule has 0 atom stereocenters. The number of aryl methyl sites for hydroxylation is 2. The van der Waals surface area contributed by atoms with Gasteiger partial charge in [-0.15, -0.1) is 0 Å². The van der Waals surface area contributed by atoms with Gasteiger partial charge in [0, 0.05) is 30.4 Å². The van der Waals surface area contributed by atoms with Crippen molar-refractivity contribution >= 4 is 33.4 Å². The smallest absolute Gasteiger partial charge is 0.253 e.